The minimum Gasteiger partial charge on any atom is -0.480 e. The molecule has 0 aliphatic rings. The average Bonchev–Trinajstić information content (AvgIpc) is 2.69. The molecule has 1 rings (SSSR count). The zero-order valence-electron chi connectivity index (χ0n) is 11.9. The highest BCUT2D eigenvalue weighted by Crippen LogP contribution is 2.19. The number of carboxylic acids is 1. The van der Waals surface area contributed by atoms with E-state index in [1.165, 1.54) is 0 Å². The standard InChI is InChI=1S/C12H22N4O2S/c1-9-14-15-11(16(9)4)19-8-6-5-7-12(2,13-3)10(17)18/h13H,5-8H2,1-4H3,(H,17,18). The number of aromatic nitrogens is 3. The summed E-state index contributed by atoms with van der Waals surface area (Å²) in [5, 5.41) is 21.0. The molecule has 1 heterocycles. The van der Waals surface area contributed by atoms with Crippen LogP contribution in [0, 0.1) is 6.92 Å². The van der Waals surface area contributed by atoms with Gasteiger partial charge in [-0.1, -0.05) is 18.2 Å². The molecule has 0 radical (unpaired) electrons. The summed E-state index contributed by atoms with van der Waals surface area (Å²) in [6, 6.07) is 0. The molecule has 0 fully saturated rings. The number of aliphatic carboxylic acids is 1. The lowest BCUT2D eigenvalue weighted by Gasteiger charge is -2.23. The zero-order valence-corrected chi connectivity index (χ0v) is 12.8. The summed E-state index contributed by atoms with van der Waals surface area (Å²) in [5.74, 6) is 1.02. The highest BCUT2D eigenvalue weighted by atomic mass is 32.2. The molecule has 0 aliphatic carbocycles. The van der Waals surface area contributed by atoms with Gasteiger partial charge in [-0.05, 0) is 33.7 Å². The van der Waals surface area contributed by atoms with Gasteiger partial charge in [0.25, 0.3) is 0 Å². The Morgan fingerprint density at radius 1 is 1.47 bits per heavy atom. The van der Waals surface area contributed by atoms with Crippen molar-refractivity contribution in [2.24, 2.45) is 7.05 Å². The van der Waals surface area contributed by atoms with Gasteiger partial charge in [-0.3, -0.25) is 4.79 Å². The fraction of sp³-hybridized carbons (Fsp3) is 0.750. The molecule has 0 amide bonds. The van der Waals surface area contributed by atoms with E-state index >= 15 is 0 Å². The van der Waals surface area contributed by atoms with Gasteiger partial charge in [0, 0.05) is 12.8 Å². The highest BCUT2D eigenvalue weighted by Gasteiger charge is 2.29. The van der Waals surface area contributed by atoms with Crippen molar-refractivity contribution < 1.29 is 9.90 Å². The second-order valence-corrected chi connectivity index (χ2v) is 5.84. The van der Waals surface area contributed by atoms with Crippen LogP contribution in [0.2, 0.25) is 0 Å². The first kappa shape index (κ1) is 16.0. The second kappa shape index (κ2) is 6.91. The van der Waals surface area contributed by atoms with Gasteiger partial charge < -0.3 is 15.0 Å². The Morgan fingerprint density at radius 3 is 2.63 bits per heavy atom. The van der Waals surface area contributed by atoms with Crippen molar-refractivity contribution in [2.45, 2.75) is 43.8 Å². The molecule has 108 valence electrons. The number of nitrogens with one attached hydrogen (secondary N) is 1. The summed E-state index contributed by atoms with van der Waals surface area (Å²) in [6.07, 6.45) is 2.45. The van der Waals surface area contributed by atoms with E-state index in [1.807, 2.05) is 18.5 Å². The van der Waals surface area contributed by atoms with Gasteiger partial charge in [-0.15, -0.1) is 10.2 Å². The summed E-state index contributed by atoms with van der Waals surface area (Å²) >= 11 is 1.66. The minimum absolute atomic E-state index is 0.622. The first-order valence-electron chi connectivity index (χ1n) is 6.32. The van der Waals surface area contributed by atoms with Crippen LogP contribution in [0.1, 0.15) is 32.0 Å². The quantitative estimate of drug-likeness (QED) is 0.556. The maximum absolute atomic E-state index is 11.1. The number of rotatable bonds is 8. The molecule has 0 bridgehead atoms. The van der Waals surface area contributed by atoms with E-state index in [4.69, 9.17) is 5.11 Å². The summed E-state index contributed by atoms with van der Waals surface area (Å²) in [7, 11) is 3.63. The Morgan fingerprint density at radius 2 is 2.16 bits per heavy atom. The maximum Gasteiger partial charge on any atom is 0.323 e. The van der Waals surface area contributed by atoms with Gasteiger partial charge >= 0.3 is 5.97 Å². The van der Waals surface area contributed by atoms with Crippen LogP contribution in [0.5, 0.6) is 0 Å². The molecule has 0 saturated carbocycles. The van der Waals surface area contributed by atoms with Crippen LogP contribution in [-0.2, 0) is 11.8 Å². The maximum atomic E-state index is 11.1. The van der Waals surface area contributed by atoms with Crippen molar-refractivity contribution in [1.82, 2.24) is 20.1 Å². The average molecular weight is 286 g/mol. The molecule has 0 spiro atoms. The van der Waals surface area contributed by atoms with E-state index < -0.39 is 11.5 Å². The molecule has 1 aromatic rings. The van der Waals surface area contributed by atoms with E-state index in [1.54, 1.807) is 25.7 Å². The lowest BCUT2D eigenvalue weighted by molar-refractivity contribution is -0.144. The number of hydrogen-bond donors (Lipinski definition) is 2. The van der Waals surface area contributed by atoms with Gasteiger partial charge in [-0.2, -0.15) is 0 Å². The summed E-state index contributed by atoms with van der Waals surface area (Å²) in [6.45, 7) is 3.64. The lowest BCUT2D eigenvalue weighted by Crippen LogP contribution is -2.47. The van der Waals surface area contributed by atoms with E-state index in [2.05, 4.69) is 15.5 Å². The van der Waals surface area contributed by atoms with Gasteiger partial charge in [0.15, 0.2) is 5.16 Å². The molecular formula is C12H22N4O2S. The Bertz CT molecular complexity index is 435. The Balaban J connectivity index is 2.28. The number of unbranched alkanes of at least 4 members (excludes halogenated alkanes) is 1. The van der Waals surface area contributed by atoms with Crippen molar-refractivity contribution in [3.8, 4) is 0 Å². The third kappa shape index (κ3) is 4.21. The number of nitrogens with zero attached hydrogens (tertiary/aromatic N) is 3. The van der Waals surface area contributed by atoms with E-state index in [-0.39, 0.29) is 0 Å². The van der Waals surface area contributed by atoms with Crippen LogP contribution in [0.3, 0.4) is 0 Å². The monoisotopic (exact) mass is 286 g/mol. The van der Waals surface area contributed by atoms with Gasteiger partial charge in [0.2, 0.25) is 0 Å². The van der Waals surface area contributed by atoms with Crippen molar-refractivity contribution >= 4 is 17.7 Å². The topological polar surface area (TPSA) is 80.0 Å². The molecule has 1 unspecified atom stereocenters. The first-order chi connectivity index (χ1) is 8.90. The molecule has 0 saturated heterocycles. The van der Waals surface area contributed by atoms with E-state index in [0.717, 1.165) is 29.6 Å². The number of thioether (sulfide) groups is 1. The first-order valence-corrected chi connectivity index (χ1v) is 7.30. The van der Waals surface area contributed by atoms with Crippen LogP contribution >= 0.6 is 11.8 Å². The summed E-state index contributed by atoms with van der Waals surface area (Å²) in [5.41, 5.74) is -0.827. The summed E-state index contributed by atoms with van der Waals surface area (Å²) in [4.78, 5) is 11.1. The molecule has 2 N–H and O–H groups in total. The number of hydrogen-bond acceptors (Lipinski definition) is 5. The molecule has 1 aromatic heterocycles. The third-order valence-corrected chi connectivity index (χ3v) is 4.49. The van der Waals surface area contributed by atoms with Crippen molar-refractivity contribution in [1.29, 1.82) is 0 Å². The number of aryl methyl sites for hydroxylation is 1. The van der Waals surface area contributed by atoms with E-state index in [0.29, 0.717) is 6.42 Å². The number of carbonyl (C=O) groups is 1. The van der Waals surface area contributed by atoms with Crippen molar-refractivity contribution in [3.63, 3.8) is 0 Å². The van der Waals surface area contributed by atoms with Crippen molar-refractivity contribution in [3.05, 3.63) is 5.82 Å². The molecule has 6 nitrogen and oxygen atoms in total. The molecular weight excluding hydrogens is 264 g/mol. The fourth-order valence-electron chi connectivity index (χ4n) is 1.60. The van der Waals surface area contributed by atoms with Crippen LogP contribution in [-0.4, -0.2) is 44.2 Å². The Labute approximate surface area is 118 Å². The smallest absolute Gasteiger partial charge is 0.323 e. The van der Waals surface area contributed by atoms with Crippen LogP contribution in [0.4, 0.5) is 0 Å². The highest BCUT2D eigenvalue weighted by molar-refractivity contribution is 7.99. The van der Waals surface area contributed by atoms with Gasteiger partial charge in [-0.25, -0.2) is 0 Å². The largest absolute Gasteiger partial charge is 0.480 e. The zero-order chi connectivity index (χ0) is 14.5. The third-order valence-electron chi connectivity index (χ3n) is 3.38. The minimum atomic E-state index is -0.827. The summed E-state index contributed by atoms with van der Waals surface area (Å²) < 4.78 is 1.96. The number of likely N-dealkylation sites (N-methyl/N-ethyl adjacent to an activating group) is 1. The molecule has 7 heteroatoms. The van der Waals surface area contributed by atoms with E-state index in [9.17, 15) is 4.79 Å². The normalized spacial score (nSPS) is 14.3. The van der Waals surface area contributed by atoms with Gasteiger partial charge in [0.05, 0.1) is 0 Å². The Hall–Kier alpha value is -1.08. The Kier molecular flexibility index (Phi) is 5.81. The van der Waals surface area contributed by atoms with Crippen molar-refractivity contribution in [2.75, 3.05) is 12.8 Å². The number of carboxylic acid groups (broad SMARTS) is 1. The molecule has 19 heavy (non-hydrogen) atoms. The predicted molar refractivity (Wildman–Crippen MR) is 75.4 cm³/mol. The molecule has 0 aromatic carbocycles. The van der Waals surface area contributed by atoms with Gasteiger partial charge in [0.1, 0.15) is 11.4 Å². The molecule has 0 aliphatic heterocycles. The lowest BCUT2D eigenvalue weighted by atomic mass is 9.95. The SMILES string of the molecule is CNC(C)(CCCCSc1nnc(C)n1C)C(=O)O. The molecule has 1 atom stereocenters. The fourth-order valence-corrected chi connectivity index (χ4v) is 2.55. The second-order valence-electron chi connectivity index (χ2n) is 4.78. The van der Waals surface area contributed by atoms with Crippen LogP contribution in [0.25, 0.3) is 0 Å². The predicted octanol–water partition coefficient (Wildman–Crippen LogP) is 1.45. The van der Waals surface area contributed by atoms with Crippen LogP contribution in [0.15, 0.2) is 5.16 Å². The van der Waals surface area contributed by atoms with Crippen LogP contribution < -0.4 is 5.32 Å².